The summed E-state index contributed by atoms with van der Waals surface area (Å²) in [5.74, 6) is 0.924. The van der Waals surface area contributed by atoms with Crippen molar-refractivity contribution in [1.82, 2.24) is 4.98 Å². The van der Waals surface area contributed by atoms with Gasteiger partial charge in [-0.05, 0) is 25.5 Å². The molecule has 1 aromatic carbocycles. The molecular weight excluding hydrogens is 256 g/mol. The summed E-state index contributed by atoms with van der Waals surface area (Å²) in [6, 6.07) is 10.2. The van der Waals surface area contributed by atoms with Crippen molar-refractivity contribution in [3.05, 3.63) is 45.4 Å². The summed E-state index contributed by atoms with van der Waals surface area (Å²) in [5, 5.41) is 9.75. The molecule has 0 spiro atoms. The lowest BCUT2D eigenvalue weighted by atomic mass is 10.2. The van der Waals surface area contributed by atoms with E-state index < -0.39 is 0 Å². The molecule has 2 rings (SSSR count). The number of nitrogens with zero attached hydrogens (tertiary/aromatic N) is 2. The molecule has 1 heterocycles. The van der Waals surface area contributed by atoms with E-state index in [-0.39, 0.29) is 0 Å². The van der Waals surface area contributed by atoms with Crippen molar-refractivity contribution < 1.29 is 4.74 Å². The number of para-hydroxylation sites is 1. The highest BCUT2D eigenvalue weighted by Crippen LogP contribution is 2.20. The van der Waals surface area contributed by atoms with E-state index in [1.807, 2.05) is 38.1 Å². The fourth-order valence-electron chi connectivity index (χ4n) is 1.80. The van der Waals surface area contributed by atoms with Gasteiger partial charge in [0.15, 0.2) is 0 Å². The molecule has 0 aliphatic carbocycles. The number of ether oxygens (including phenoxy) is 1. The van der Waals surface area contributed by atoms with Crippen LogP contribution in [0, 0.1) is 25.2 Å². The fraction of sp³-hybridized carbons (Fsp3) is 0.333. The van der Waals surface area contributed by atoms with E-state index in [2.05, 4.69) is 11.1 Å². The molecule has 0 atom stereocenters. The van der Waals surface area contributed by atoms with Crippen LogP contribution in [0.2, 0.25) is 0 Å². The van der Waals surface area contributed by atoms with Crippen LogP contribution < -0.4 is 4.74 Å². The Bertz CT molecular complexity index is 598. The van der Waals surface area contributed by atoms with Gasteiger partial charge < -0.3 is 4.74 Å². The monoisotopic (exact) mass is 272 g/mol. The van der Waals surface area contributed by atoms with Crippen molar-refractivity contribution in [2.75, 3.05) is 6.61 Å². The van der Waals surface area contributed by atoms with Gasteiger partial charge in [0.1, 0.15) is 5.75 Å². The van der Waals surface area contributed by atoms with Crippen LogP contribution in [0.25, 0.3) is 0 Å². The zero-order chi connectivity index (χ0) is 13.7. The number of aryl methyl sites for hydroxylation is 2. The Labute approximate surface area is 117 Å². The van der Waals surface area contributed by atoms with E-state index in [1.165, 1.54) is 0 Å². The summed E-state index contributed by atoms with van der Waals surface area (Å²) >= 11 is 1.61. The normalized spacial score (nSPS) is 10.2. The Morgan fingerprint density at radius 1 is 1.32 bits per heavy atom. The van der Waals surface area contributed by atoms with Gasteiger partial charge in [0.2, 0.25) is 0 Å². The predicted molar refractivity (Wildman–Crippen MR) is 76.5 cm³/mol. The van der Waals surface area contributed by atoms with Crippen LogP contribution in [0.4, 0.5) is 0 Å². The Kier molecular flexibility index (Phi) is 4.53. The lowest BCUT2D eigenvalue weighted by Crippen LogP contribution is -2.02. The van der Waals surface area contributed by atoms with Gasteiger partial charge in [-0.15, -0.1) is 11.3 Å². The van der Waals surface area contributed by atoms with Crippen LogP contribution in [0.15, 0.2) is 24.3 Å². The summed E-state index contributed by atoms with van der Waals surface area (Å²) in [4.78, 5) is 5.53. The number of benzene rings is 1. The van der Waals surface area contributed by atoms with Crippen LogP contribution >= 0.6 is 11.3 Å². The molecule has 0 radical (unpaired) electrons. The molecule has 0 aliphatic rings. The van der Waals surface area contributed by atoms with E-state index in [4.69, 9.17) is 10.00 Å². The molecule has 98 valence electrons. The highest BCUT2D eigenvalue weighted by Gasteiger charge is 2.07. The average molecular weight is 272 g/mol. The molecular formula is C15H16N2OS. The van der Waals surface area contributed by atoms with Crippen molar-refractivity contribution in [2.45, 2.75) is 26.7 Å². The van der Waals surface area contributed by atoms with Gasteiger partial charge in [0.25, 0.3) is 0 Å². The SMILES string of the molecule is Cc1ccccc1OCCc1nc(C)c(CC#N)s1. The van der Waals surface area contributed by atoms with Crippen LogP contribution in [0.3, 0.4) is 0 Å². The number of hydrogen-bond acceptors (Lipinski definition) is 4. The first kappa shape index (κ1) is 13.6. The fourth-order valence-corrected chi connectivity index (χ4v) is 2.78. The van der Waals surface area contributed by atoms with Crippen molar-refractivity contribution in [2.24, 2.45) is 0 Å². The van der Waals surface area contributed by atoms with Gasteiger partial charge in [-0.2, -0.15) is 5.26 Å². The Morgan fingerprint density at radius 3 is 2.84 bits per heavy atom. The van der Waals surface area contributed by atoms with E-state index in [9.17, 15) is 0 Å². The maximum absolute atomic E-state index is 8.71. The molecule has 3 nitrogen and oxygen atoms in total. The van der Waals surface area contributed by atoms with Crippen molar-refractivity contribution in [3.63, 3.8) is 0 Å². The van der Waals surface area contributed by atoms with Gasteiger partial charge in [0.05, 0.1) is 29.8 Å². The van der Waals surface area contributed by atoms with Gasteiger partial charge in [0, 0.05) is 11.3 Å². The second-order valence-electron chi connectivity index (χ2n) is 4.32. The average Bonchev–Trinajstić information content (AvgIpc) is 2.73. The quantitative estimate of drug-likeness (QED) is 0.837. The Morgan fingerprint density at radius 2 is 2.11 bits per heavy atom. The van der Waals surface area contributed by atoms with Gasteiger partial charge in [-0.1, -0.05) is 18.2 Å². The van der Waals surface area contributed by atoms with Crippen molar-refractivity contribution in [1.29, 1.82) is 5.26 Å². The van der Waals surface area contributed by atoms with Crippen LogP contribution in [-0.4, -0.2) is 11.6 Å². The maximum atomic E-state index is 8.71. The minimum absolute atomic E-state index is 0.447. The highest BCUT2D eigenvalue weighted by molar-refractivity contribution is 7.11. The van der Waals surface area contributed by atoms with Crippen LogP contribution in [-0.2, 0) is 12.8 Å². The molecule has 0 amide bonds. The lowest BCUT2D eigenvalue weighted by molar-refractivity contribution is 0.319. The van der Waals surface area contributed by atoms with E-state index >= 15 is 0 Å². The number of rotatable bonds is 5. The Balaban J connectivity index is 1.91. The predicted octanol–water partition coefficient (Wildman–Crippen LogP) is 3.45. The molecule has 0 bridgehead atoms. The molecule has 0 saturated heterocycles. The first-order valence-corrected chi connectivity index (χ1v) is 7.03. The lowest BCUT2D eigenvalue weighted by Gasteiger charge is -2.07. The minimum atomic E-state index is 0.447. The third kappa shape index (κ3) is 3.55. The third-order valence-electron chi connectivity index (χ3n) is 2.84. The minimum Gasteiger partial charge on any atom is -0.493 e. The molecule has 0 unspecified atom stereocenters. The summed E-state index contributed by atoms with van der Waals surface area (Å²) in [6.07, 6.45) is 1.23. The molecule has 0 saturated carbocycles. The topological polar surface area (TPSA) is 45.9 Å². The van der Waals surface area contributed by atoms with Gasteiger partial charge >= 0.3 is 0 Å². The number of aromatic nitrogens is 1. The van der Waals surface area contributed by atoms with Crippen molar-refractivity contribution >= 4 is 11.3 Å². The summed E-state index contributed by atoms with van der Waals surface area (Å²) in [5.41, 5.74) is 2.11. The summed E-state index contributed by atoms with van der Waals surface area (Å²) < 4.78 is 5.75. The molecule has 1 aromatic heterocycles. The number of hydrogen-bond donors (Lipinski definition) is 0. The Hall–Kier alpha value is -1.86. The second-order valence-corrected chi connectivity index (χ2v) is 5.48. The molecule has 19 heavy (non-hydrogen) atoms. The van der Waals surface area contributed by atoms with Crippen molar-refractivity contribution in [3.8, 4) is 11.8 Å². The van der Waals surface area contributed by atoms with E-state index in [1.54, 1.807) is 11.3 Å². The summed E-state index contributed by atoms with van der Waals surface area (Å²) in [7, 11) is 0. The highest BCUT2D eigenvalue weighted by atomic mass is 32.1. The third-order valence-corrected chi connectivity index (χ3v) is 4.06. The molecule has 0 N–H and O–H groups in total. The summed E-state index contributed by atoms with van der Waals surface area (Å²) in [6.45, 7) is 4.60. The van der Waals surface area contributed by atoms with E-state index in [0.717, 1.165) is 33.3 Å². The zero-order valence-electron chi connectivity index (χ0n) is 11.1. The first-order valence-electron chi connectivity index (χ1n) is 6.21. The van der Waals surface area contributed by atoms with Crippen LogP contribution in [0.5, 0.6) is 5.75 Å². The standard InChI is InChI=1S/C15H16N2OS/c1-11-5-3-4-6-13(11)18-10-8-15-17-12(2)14(19-15)7-9-16/h3-6H,7-8,10H2,1-2H3. The number of nitriles is 1. The van der Waals surface area contributed by atoms with Gasteiger partial charge in [-0.25, -0.2) is 4.98 Å². The molecule has 0 fully saturated rings. The molecule has 4 heteroatoms. The van der Waals surface area contributed by atoms with Gasteiger partial charge in [-0.3, -0.25) is 0 Å². The smallest absolute Gasteiger partial charge is 0.122 e. The molecule has 0 aliphatic heterocycles. The second kappa shape index (κ2) is 6.35. The first-order chi connectivity index (χ1) is 9.20. The number of thiazole rings is 1. The zero-order valence-corrected chi connectivity index (χ0v) is 12.0. The largest absolute Gasteiger partial charge is 0.493 e. The van der Waals surface area contributed by atoms with E-state index in [0.29, 0.717) is 13.0 Å². The van der Waals surface area contributed by atoms with Crippen LogP contribution in [0.1, 0.15) is 21.1 Å². The molecule has 2 aromatic rings. The maximum Gasteiger partial charge on any atom is 0.122 e.